The number of benzene rings is 1. The van der Waals surface area contributed by atoms with Crippen molar-refractivity contribution in [3.05, 3.63) is 17.9 Å². The first-order valence-corrected chi connectivity index (χ1v) is 3.72. The number of rotatable bonds is 2. The van der Waals surface area contributed by atoms with Crippen LogP contribution in [0.15, 0.2) is 12.1 Å². The highest BCUT2D eigenvalue weighted by Gasteiger charge is 2.32. The predicted octanol–water partition coefficient (Wildman–Crippen LogP) is 2.32. The Morgan fingerprint density at radius 3 is 2.27 bits per heavy atom. The molecule has 0 spiro atoms. The van der Waals surface area contributed by atoms with Crippen molar-refractivity contribution in [1.29, 1.82) is 0 Å². The molecule has 1 aromatic carbocycles. The third kappa shape index (κ3) is 2.90. The molecule has 0 bridgehead atoms. The number of anilines is 1. The quantitative estimate of drug-likeness (QED) is 0.620. The van der Waals surface area contributed by atoms with Crippen molar-refractivity contribution in [2.24, 2.45) is 0 Å². The summed E-state index contributed by atoms with van der Waals surface area (Å²) < 4.78 is 56.4. The van der Waals surface area contributed by atoms with Gasteiger partial charge >= 0.3 is 6.36 Å². The van der Waals surface area contributed by atoms with E-state index in [0.717, 1.165) is 6.07 Å². The van der Waals surface area contributed by atoms with Crippen LogP contribution >= 0.6 is 0 Å². The highest BCUT2D eigenvalue weighted by molar-refractivity contribution is 5.56. The fraction of sp³-hybridized carbons (Fsp3) is 0.250. The molecule has 1 aromatic rings. The predicted molar refractivity (Wildman–Crippen MR) is 44.0 cm³/mol. The molecule has 0 aliphatic heterocycles. The zero-order valence-electron chi connectivity index (χ0n) is 7.56. The van der Waals surface area contributed by atoms with Gasteiger partial charge in [-0.15, -0.1) is 13.2 Å². The van der Waals surface area contributed by atoms with Crippen molar-refractivity contribution in [2.75, 3.05) is 12.8 Å². The zero-order valence-corrected chi connectivity index (χ0v) is 7.56. The number of ether oxygens (including phenoxy) is 2. The van der Waals surface area contributed by atoms with Crippen LogP contribution in [0.25, 0.3) is 0 Å². The van der Waals surface area contributed by atoms with Crippen molar-refractivity contribution < 1.29 is 27.0 Å². The van der Waals surface area contributed by atoms with E-state index in [1.807, 2.05) is 0 Å². The summed E-state index contributed by atoms with van der Waals surface area (Å²) in [6, 6.07) is 1.43. The summed E-state index contributed by atoms with van der Waals surface area (Å²) in [5.74, 6) is -2.02. The first-order valence-electron chi connectivity index (χ1n) is 3.72. The standard InChI is InChI=1S/C8H7F4NO2/c1-14-6-3-5(13)7(2-4(6)9)15-8(10,11)12/h2-3H,13H2,1H3. The Bertz CT molecular complexity index is 364. The second-order valence-corrected chi connectivity index (χ2v) is 2.57. The van der Waals surface area contributed by atoms with Gasteiger partial charge in [0.25, 0.3) is 0 Å². The van der Waals surface area contributed by atoms with E-state index in [9.17, 15) is 17.6 Å². The smallest absolute Gasteiger partial charge is 0.494 e. The molecule has 0 saturated carbocycles. The fourth-order valence-corrected chi connectivity index (χ4v) is 0.920. The Hall–Kier alpha value is -1.66. The molecule has 0 saturated heterocycles. The van der Waals surface area contributed by atoms with Gasteiger partial charge in [-0.2, -0.15) is 0 Å². The molecule has 0 atom stereocenters. The van der Waals surface area contributed by atoms with Crippen LogP contribution in [0.5, 0.6) is 11.5 Å². The minimum Gasteiger partial charge on any atom is -0.494 e. The van der Waals surface area contributed by atoms with Crippen LogP contribution < -0.4 is 15.2 Å². The molecule has 0 aromatic heterocycles. The van der Waals surface area contributed by atoms with Crippen LogP contribution in [0.3, 0.4) is 0 Å². The van der Waals surface area contributed by atoms with Crippen LogP contribution in [-0.2, 0) is 0 Å². The summed E-state index contributed by atoms with van der Waals surface area (Å²) in [6.07, 6.45) is -4.91. The van der Waals surface area contributed by atoms with E-state index in [4.69, 9.17) is 5.73 Å². The van der Waals surface area contributed by atoms with Gasteiger partial charge in [-0.3, -0.25) is 0 Å². The van der Waals surface area contributed by atoms with E-state index in [2.05, 4.69) is 9.47 Å². The molecule has 1 rings (SSSR count). The first kappa shape index (κ1) is 11.4. The van der Waals surface area contributed by atoms with Gasteiger partial charge in [0.2, 0.25) is 0 Å². The number of hydrogen-bond acceptors (Lipinski definition) is 3. The molecule has 0 fully saturated rings. The molecular formula is C8H7F4NO2. The molecule has 0 unspecified atom stereocenters. The highest BCUT2D eigenvalue weighted by atomic mass is 19.4. The second kappa shape index (κ2) is 3.84. The number of hydrogen-bond donors (Lipinski definition) is 1. The summed E-state index contributed by atoms with van der Waals surface area (Å²) >= 11 is 0. The van der Waals surface area contributed by atoms with Gasteiger partial charge in [0.15, 0.2) is 17.3 Å². The fourth-order valence-electron chi connectivity index (χ4n) is 0.920. The molecular weight excluding hydrogens is 218 g/mol. The summed E-state index contributed by atoms with van der Waals surface area (Å²) in [4.78, 5) is 0. The third-order valence-electron chi connectivity index (χ3n) is 1.51. The topological polar surface area (TPSA) is 44.5 Å². The van der Waals surface area contributed by atoms with Gasteiger partial charge in [-0.05, 0) is 0 Å². The molecule has 0 radical (unpaired) electrons. The van der Waals surface area contributed by atoms with E-state index in [-0.39, 0.29) is 11.4 Å². The maximum absolute atomic E-state index is 13.0. The van der Waals surface area contributed by atoms with Crippen molar-refractivity contribution in [2.45, 2.75) is 6.36 Å². The summed E-state index contributed by atoms with van der Waals surface area (Å²) in [5, 5.41) is 0. The van der Waals surface area contributed by atoms with E-state index in [1.165, 1.54) is 7.11 Å². The largest absolute Gasteiger partial charge is 0.573 e. The molecule has 0 amide bonds. The van der Waals surface area contributed by atoms with Crippen LogP contribution in [0.4, 0.5) is 23.2 Å². The summed E-state index contributed by atoms with van der Waals surface area (Å²) in [6.45, 7) is 0. The average molecular weight is 225 g/mol. The maximum atomic E-state index is 13.0. The Kier molecular flexibility index (Phi) is 2.92. The van der Waals surface area contributed by atoms with Crippen molar-refractivity contribution in [1.82, 2.24) is 0 Å². The number of alkyl halides is 3. The second-order valence-electron chi connectivity index (χ2n) is 2.57. The van der Waals surface area contributed by atoms with Gasteiger partial charge in [-0.25, -0.2) is 4.39 Å². The molecule has 0 aliphatic rings. The normalized spacial score (nSPS) is 11.3. The average Bonchev–Trinajstić information content (AvgIpc) is 2.08. The number of nitrogen functional groups attached to an aromatic ring is 1. The molecule has 0 heterocycles. The minimum absolute atomic E-state index is 0.248. The van der Waals surface area contributed by atoms with Gasteiger partial charge in [-0.1, -0.05) is 0 Å². The van der Waals surface area contributed by atoms with Crippen molar-refractivity contribution in [3.63, 3.8) is 0 Å². The summed E-state index contributed by atoms with van der Waals surface area (Å²) in [5.41, 5.74) is 4.85. The van der Waals surface area contributed by atoms with Crippen molar-refractivity contribution in [3.8, 4) is 11.5 Å². The van der Waals surface area contributed by atoms with Crippen LogP contribution in [0, 0.1) is 5.82 Å². The van der Waals surface area contributed by atoms with Crippen LogP contribution in [0.1, 0.15) is 0 Å². The lowest BCUT2D eigenvalue weighted by Gasteiger charge is -2.12. The van der Waals surface area contributed by atoms with E-state index < -0.39 is 17.9 Å². The molecule has 0 aliphatic carbocycles. The van der Waals surface area contributed by atoms with Gasteiger partial charge in [0, 0.05) is 12.1 Å². The Labute approximate surface area is 82.4 Å². The van der Waals surface area contributed by atoms with Gasteiger partial charge in [0.05, 0.1) is 12.8 Å². The first-order chi connectivity index (χ1) is 6.83. The van der Waals surface area contributed by atoms with Crippen LogP contribution in [0.2, 0.25) is 0 Å². The molecule has 84 valence electrons. The lowest BCUT2D eigenvalue weighted by Crippen LogP contribution is -2.18. The van der Waals surface area contributed by atoms with E-state index >= 15 is 0 Å². The zero-order chi connectivity index (χ0) is 11.6. The van der Waals surface area contributed by atoms with Crippen LogP contribution in [-0.4, -0.2) is 13.5 Å². The highest BCUT2D eigenvalue weighted by Crippen LogP contribution is 2.33. The Morgan fingerprint density at radius 1 is 1.20 bits per heavy atom. The third-order valence-corrected chi connectivity index (χ3v) is 1.51. The summed E-state index contributed by atoms with van der Waals surface area (Å²) in [7, 11) is 1.17. The lowest BCUT2D eigenvalue weighted by molar-refractivity contribution is -0.274. The van der Waals surface area contributed by atoms with Crippen molar-refractivity contribution >= 4 is 5.69 Å². The number of halogens is 4. The molecule has 3 nitrogen and oxygen atoms in total. The minimum atomic E-state index is -4.91. The molecule has 15 heavy (non-hydrogen) atoms. The molecule has 2 N–H and O–H groups in total. The SMILES string of the molecule is COc1cc(N)c(OC(F)(F)F)cc1F. The number of methoxy groups -OCH3 is 1. The maximum Gasteiger partial charge on any atom is 0.573 e. The Balaban J connectivity index is 3.05. The van der Waals surface area contributed by atoms with E-state index in [1.54, 1.807) is 0 Å². The van der Waals surface area contributed by atoms with Gasteiger partial charge in [0.1, 0.15) is 0 Å². The monoisotopic (exact) mass is 225 g/mol. The number of nitrogens with two attached hydrogens (primary N) is 1. The van der Waals surface area contributed by atoms with Gasteiger partial charge < -0.3 is 15.2 Å². The molecule has 7 heteroatoms. The Morgan fingerprint density at radius 2 is 1.80 bits per heavy atom. The van der Waals surface area contributed by atoms with E-state index in [0.29, 0.717) is 6.07 Å². The lowest BCUT2D eigenvalue weighted by atomic mass is 10.2.